The summed E-state index contributed by atoms with van der Waals surface area (Å²) in [5.41, 5.74) is 6.30. The third-order valence-electron chi connectivity index (χ3n) is 8.08. The number of rotatable bonds is 5. The number of nitrogens with zero attached hydrogens (tertiary/aromatic N) is 1. The Labute approximate surface area is 235 Å². The van der Waals surface area contributed by atoms with Gasteiger partial charge in [0.25, 0.3) is 11.8 Å². The van der Waals surface area contributed by atoms with Gasteiger partial charge in [0.15, 0.2) is 0 Å². The van der Waals surface area contributed by atoms with Crippen molar-refractivity contribution in [1.82, 2.24) is 10.4 Å². The lowest BCUT2D eigenvalue weighted by molar-refractivity contribution is -0.170. The van der Waals surface area contributed by atoms with Crippen LogP contribution in [0.1, 0.15) is 67.3 Å². The summed E-state index contributed by atoms with van der Waals surface area (Å²) in [6, 6.07) is 29.2. The summed E-state index contributed by atoms with van der Waals surface area (Å²) in [5, 5.41) is 3.42. The molecule has 0 saturated carbocycles. The molecule has 0 aromatic heterocycles. The molecule has 7 rings (SSSR count). The molecular weight excluding hydrogens is 520 g/mol. The SMILES string of the molecule is O=C(N[C@@H]1C[C@H](C(=O)ON2C(=O)c3ccccc3C2=O)c2ccccc21)OCC1c2ccccc2-c2ccccc21. The molecule has 1 aliphatic heterocycles. The minimum absolute atomic E-state index is 0.0774. The molecule has 4 aromatic rings. The minimum Gasteiger partial charge on any atom is -0.449 e. The standard InChI is InChI=1S/C33H24N2O6/c36-30-25-15-7-8-16-26(25)31(37)35(30)41-32(38)27-17-29(24-14-6-5-13-23(24)27)34-33(39)40-18-28-21-11-3-1-9-19(21)20-10-2-4-12-22(20)28/h1-16,27-29H,17-18H2,(H,34,39)/t27-,29+/m0/s1. The smallest absolute Gasteiger partial charge is 0.407 e. The van der Waals surface area contributed by atoms with Crippen LogP contribution in [0, 0.1) is 0 Å². The molecule has 3 amide bonds. The number of nitrogens with one attached hydrogen (secondary N) is 1. The van der Waals surface area contributed by atoms with Crippen molar-refractivity contribution in [2.45, 2.75) is 24.3 Å². The van der Waals surface area contributed by atoms with Crippen molar-refractivity contribution in [3.05, 3.63) is 130 Å². The molecule has 41 heavy (non-hydrogen) atoms. The molecule has 2 atom stereocenters. The molecule has 8 nitrogen and oxygen atoms in total. The Morgan fingerprint density at radius 3 is 1.76 bits per heavy atom. The zero-order chi connectivity index (χ0) is 28.1. The average molecular weight is 545 g/mol. The summed E-state index contributed by atoms with van der Waals surface area (Å²) in [4.78, 5) is 57.0. The minimum atomic E-state index is -0.783. The fourth-order valence-corrected chi connectivity index (χ4v) is 6.18. The quantitative estimate of drug-likeness (QED) is 0.333. The van der Waals surface area contributed by atoms with Crippen molar-refractivity contribution in [3.63, 3.8) is 0 Å². The Hall–Kier alpha value is -5.24. The molecule has 0 bridgehead atoms. The molecule has 2 aliphatic carbocycles. The van der Waals surface area contributed by atoms with Crippen LogP contribution in [-0.4, -0.2) is 35.5 Å². The zero-order valence-electron chi connectivity index (χ0n) is 21.8. The Bertz CT molecular complexity index is 1670. The van der Waals surface area contributed by atoms with Crippen LogP contribution in [-0.2, 0) is 14.4 Å². The van der Waals surface area contributed by atoms with Crippen LogP contribution in [0.2, 0.25) is 0 Å². The molecule has 0 unspecified atom stereocenters. The fourth-order valence-electron chi connectivity index (χ4n) is 6.18. The van der Waals surface area contributed by atoms with Gasteiger partial charge in [-0.15, -0.1) is 0 Å². The molecule has 202 valence electrons. The third-order valence-corrected chi connectivity index (χ3v) is 8.08. The lowest BCUT2D eigenvalue weighted by atomic mass is 9.98. The normalized spacial score (nSPS) is 18.4. The van der Waals surface area contributed by atoms with E-state index in [0.717, 1.165) is 27.8 Å². The van der Waals surface area contributed by atoms with Crippen LogP contribution in [0.4, 0.5) is 4.79 Å². The van der Waals surface area contributed by atoms with Gasteiger partial charge in [0.2, 0.25) is 0 Å². The molecule has 0 spiro atoms. The maximum atomic E-state index is 13.3. The van der Waals surface area contributed by atoms with Gasteiger partial charge in [-0.1, -0.05) is 90.0 Å². The van der Waals surface area contributed by atoms with Gasteiger partial charge in [-0.05, 0) is 51.9 Å². The van der Waals surface area contributed by atoms with Crippen molar-refractivity contribution in [2.75, 3.05) is 6.61 Å². The van der Waals surface area contributed by atoms with Crippen molar-refractivity contribution < 1.29 is 28.8 Å². The monoisotopic (exact) mass is 544 g/mol. The molecule has 8 heteroatoms. The first-order chi connectivity index (χ1) is 20.0. The number of imide groups is 1. The average Bonchev–Trinajstić information content (AvgIpc) is 3.61. The lowest BCUT2D eigenvalue weighted by Crippen LogP contribution is -2.34. The molecular formula is C33H24N2O6. The number of ether oxygens (including phenoxy) is 1. The molecule has 0 saturated heterocycles. The molecule has 0 fully saturated rings. The third kappa shape index (κ3) is 4.07. The van der Waals surface area contributed by atoms with Gasteiger partial charge in [-0.25, -0.2) is 9.59 Å². The highest BCUT2D eigenvalue weighted by molar-refractivity contribution is 6.21. The van der Waals surface area contributed by atoms with Gasteiger partial charge in [0.05, 0.1) is 23.1 Å². The van der Waals surface area contributed by atoms with Crippen molar-refractivity contribution >= 4 is 23.9 Å². The number of hydrogen-bond donors (Lipinski definition) is 1. The topological polar surface area (TPSA) is 102 Å². The van der Waals surface area contributed by atoms with Gasteiger partial charge in [0, 0.05) is 5.92 Å². The van der Waals surface area contributed by atoms with E-state index in [4.69, 9.17) is 9.57 Å². The van der Waals surface area contributed by atoms with Crippen LogP contribution in [0.3, 0.4) is 0 Å². The van der Waals surface area contributed by atoms with Crippen LogP contribution < -0.4 is 5.32 Å². The number of amides is 3. The highest BCUT2D eigenvalue weighted by atomic mass is 16.7. The first-order valence-electron chi connectivity index (χ1n) is 13.4. The Morgan fingerprint density at radius 1 is 0.683 bits per heavy atom. The second-order valence-corrected chi connectivity index (χ2v) is 10.3. The van der Waals surface area contributed by atoms with E-state index in [1.54, 1.807) is 24.3 Å². The largest absolute Gasteiger partial charge is 0.449 e. The Balaban J connectivity index is 1.04. The lowest BCUT2D eigenvalue weighted by Gasteiger charge is -2.18. The van der Waals surface area contributed by atoms with Crippen LogP contribution in [0.5, 0.6) is 0 Å². The number of carbonyl (C=O) groups excluding carboxylic acids is 4. The van der Waals surface area contributed by atoms with Gasteiger partial charge in [0.1, 0.15) is 6.61 Å². The number of carbonyl (C=O) groups is 4. The Morgan fingerprint density at radius 2 is 1.17 bits per heavy atom. The number of hydroxylamine groups is 2. The predicted molar refractivity (Wildman–Crippen MR) is 148 cm³/mol. The maximum Gasteiger partial charge on any atom is 0.407 e. The molecule has 1 heterocycles. The summed E-state index contributed by atoms with van der Waals surface area (Å²) >= 11 is 0. The second-order valence-electron chi connectivity index (χ2n) is 10.3. The number of benzene rings is 4. The van der Waals surface area contributed by atoms with Gasteiger partial charge in [-0.3, -0.25) is 9.59 Å². The van der Waals surface area contributed by atoms with E-state index in [-0.39, 0.29) is 30.1 Å². The van der Waals surface area contributed by atoms with Crippen molar-refractivity contribution in [3.8, 4) is 11.1 Å². The summed E-state index contributed by atoms with van der Waals surface area (Å²) in [6.45, 7) is 0.166. The second kappa shape index (κ2) is 9.75. The van der Waals surface area contributed by atoms with E-state index in [0.29, 0.717) is 10.6 Å². The van der Waals surface area contributed by atoms with Gasteiger partial charge < -0.3 is 14.9 Å². The van der Waals surface area contributed by atoms with Gasteiger partial charge in [-0.2, -0.15) is 0 Å². The number of hydrogen-bond acceptors (Lipinski definition) is 6. The first kappa shape index (κ1) is 24.8. The van der Waals surface area contributed by atoms with E-state index in [1.807, 2.05) is 36.4 Å². The first-order valence-corrected chi connectivity index (χ1v) is 13.4. The summed E-state index contributed by atoms with van der Waals surface area (Å²) in [5.74, 6) is -2.97. The van der Waals surface area contributed by atoms with Crippen molar-refractivity contribution in [1.29, 1.82) is 0 Å². The number of alkyl carbamates (subject to hydrolysis) is 1. The van der Waals surface area contributed by atoms with Crippen LogP contribution >= 0.6 is 0 Å². The molecule has 4 aromatic carbocycles. The molecule has 1 N–H and O–H groups in total. The highest BCUT2D eigenvalue weighted by Gasteiger charge is 2.43. The summed E-state index contributed by atoms with van der Waals surface area (Å²) < 4.78 is 5.72. The van der Waals surface area contributed by atoms with Crippen LogP contribution in [0.15, 0.2) is 97.1 Å². The summed E-state index contributed by atoms with van der Waals surface area (Å²) in [6.07, 6.45) is -0.396. The maximum absolute atomic E-state index is 13.3. The van der Waals surface area contributed by atoms with E-state index in [2.05, 4.69) is 29.6 Å². The fraction of sp³-hybridized carbons (Fsp3) is 0.152. The molecule has 0 radical (unpaired) electrons. The zero-order valence-corrected chi connectivity index (χ0v) is 21.8. The number of fused-ring (bicyclic) bond motifs is 5. The van der Waals surface area contributed by atoms with E-state index in [1.165, 1.54) is 12.1 Å². The highest BCUT2D eigenvalue weighted by Crippen LogP contribution is 2.45. The van der Waals surface area contributed by atoms with E-state index >= 15 is 0 Å². The molecule has 3 aliphatic rings. The van der Waals surface area contributed by atoms with E-state index in [9.17, 15) is 19.2 Å². The van der Waals surface area contributed by atoms with Crippen LogP contribution in [0.25, 0.3) is 11.1 Å². The predicted octanol–water partition coefficient (Wildman–Crippen LogP) is 5.51. The summed E-state index contributed by atoms with van der Waals surface area (Å²) in [7, 11) is 0. The van der Waals surface area contributed by atoms with Crippen molar-refractivity contribution in [2.24, 2.45) is 0 Å². The van der Waals surface area contributed by atoms with E-state index < -0.39 is 35.8 Å². The van der Waals surface area contributed by atoms with Gasteiger partial charge >= 0.3 is 12.1 Å². The Kier molecular flexibility index (Phi) is 5.89.